The van der Waals surface area contributed by atoms with E-state index in [0.29, 0.717) is 5.39 Å². The molecular formula is C14H16N3O7P. The summed E-state index contributed by atoms with van der Waals surface area (Å²) in [5, 5.41) is 2.76. The van der Waals surface area contributed by atoms with Crippen LogP contribution in [-0.2, 0) is 20.3 Å². The summed E-state index contributed by atoms with van der Waals surface area (Å²) in [7, 11) is -4.38. The molecule has 134 valence electrons. The average molecular weight is 369 g/mol. The number of primary amides is 1. The topological polar surface area (TPSA) is 186 Å². The van der Waals surface area contributed by atoms with Gasteiger partial charge in [-0.2, -0.15) is 0 Å². The smallest absolute Gasteiger partial charge is 0.336 e. The highest BCUT2D eigenvalue weighted by molar-refractivity contribution is 7.50. The van der Waals surface area contributed by atoms with Crippen molar-refractivity contribution < 1.29 is 28.4 Å². The average Bonchev–Trinajstić information content (AvgIpc) is 2.44. The van der Waals surface area contributed by atoms with Gasteiger partial charge in [0, 0.05) is 23.2 Å². The van der Waals surface area contributed by atoms with E-state index in [1.165, 1.54) is 18.2 Å². The normalized spacial score (nSPS) is 12.8. The van der Waals surface area contributed by atoms with Crippen LogP contribution in [0.2, 0.25) is 0 Å². The molecule has 1 aromatic carbocycles. The fourth-order valence-electron chi connectivity index (χ4n) is 2.20. The van der Waals surface area contributed by atoms with Crippen molar-refractivity contribution in [1.82, 2.24) is 0 Å². The summed E-state index contributed by atoms with van der Waals surface area (Å²) in [5.41, 5.74) is 10.1. The molecule has 0 spiro atoms. The minimum absolute atomic E-state index is 0.0391. The molecule has 0 aliphatic heterocycles. The van der Waals surface area contributed by atoms with Crippen LogP contribution < -0.4 is 22.4 Å². The number of rotatable bonds is 6. The number of benzene rings is 1. The number of nitrogens with two attached hydrogens (primary N) is 2. The molecule has 0 saturated carbocycles. The van der Waals surface area contributed by atoms with Gasteiger partial charge in [-0.1, -0.05) is 0 Å². The Balaban J connectivity index is 2.34. The maximum Gasteiger partial charge on any atom is 0.336 e. The second kappa shape index (κ2) is 7.16. The van der Waals surface area contributed by atoms with Crippen molar-refractivity contribution in [3.63, 3.8) is 0 Å². The van der Waals surface area contributed by atoms with E-state index in [4.69, 9.17) is 25.7 Å². The van der Waals surface area contributed by atoms with E-state index in [1.54, 1.807) is 0 Å². The van der Waals surface area contributed by atoms with Crippen LogP contribution in [0.15, 0.2) is 33.5 Å². The van der Waals surface area contributed by atoms with Gasteiger partial charge in [-0.05, 0) is 17.7 Å². The van der Waals surface area contributed by atoms with Crippen molar-refractivity contribution in [3.8, 4) is 0 Å². The van der Waals surface area contributed by atoms with Gasteiger partial charge < -0.3 is 31.0 Å². The highest BCUT2D eigenvalue weighted by atomic mass is 31.2. The van der Waals surface area contributed by atoms with Crippen molar-refractivity contribution in [1.29, 1.82) is 0 Å². The van der Waals surface area contributed by atoms with Gasteiger partial charge >= 0.3 is 13.2 Å². The first-order valence-corrected chi connectivity index (χ1v) is 8.81. The summed E-state index contributed by atoms with van der Waals surface area (Å²) in [4.78, 5) is 52.4. The van der Waals surface area contributed by atoms with Crippen LogP contribution >= 0.6 is 7.60 Å². The van der Waals surface area contributed by atoms with E-state index >= 15 is 0 Å². The summed E-state index contributed by atoms with van der Waals surface area (Å²) in [6, 6.07) is 4.07. The lowest BCUT2D eigenvalue weighted by Crippen LogP contribution is -2.38. The predicted molar refractivity (Wildman–Crippen MR) is 88.6 cm³/mol. The molecule has 0 unspecified atom stereocenters. The molecular weight excluding hydrogens is 353 g/mol. The molecule has 25 heavy (non-hydrogen) atoms. The Morgan fingerprint density at radius 1 is 1.28 bits per heavy atom. The SMILES string of the molecule is NC(=O)C[C@H](N)C(=O)Nc1ccc2c(CP(=O)(O)O)cc(=O)oc2c1. The van der Waals surface area contributed by atoms with E-state index < -0.39 is 37.2 Å². The number of carbonyl (C=O) groups is 2. The molecule has 2 aromatic rings. The van der Waals surface area contributed by atoms with Crippen LogP contribution in [0.5, 0.6) is 0 Å². The molecule has 1 heterocycles. The molecule has 2 amide bonds. The Morgan fingerprint density at radius 3 is 2.56 bits per heavy atom. The molecule has 0 saturated heterocycles. The summed E-state index contributed by atoms with van der Waals surface area (Å²) >= 11 is 0. The highest BCUT2D eigenvalue weighted by Crippen LogP contribution is 2.40. The molecule has 0 aliphatic carbocycles. The van der Waals surface area contributed by atoms with Gasteiger partial charge in [0.15, 0.2) is 0 Å². The zero-order valence-corrected chi connectivity index (χ0v) is 13.7. The number of hydrogen-bond donors (Lipinski definition) is 5. The predicted octanol–water partition coefficient (Wildman–Crippen LogP) is -0.388. The fourth-order valence-corrected chi connectivity index (χ4v) is 2.91. The lowest BCUT2D eigenvalue weighted by atomic mass is 10.1. The van der Waals surface area contributed by atoms with Crippen molar-refractivity contribution in [2.45, 2.75) is 18.6 Å². The van der Waals surface area contributed by atoms with E-state index in [-0.39, 0.29) is 23.3 Å². The Morgan fingerprint density at radius 2 is 1.96 bits per heavy atom. The quantitative estimate of drug-likeness (QED) is 0.336. The third-order valence-electron chi connectivity index (χ3n) is 3.23. The van der Waals surface area contributed by atoms with E-state index in [2.05, 4.69) is 5.32 Å². The minimum atomic E-state index is -4.38. The van der Waals surface area contributed by atoms with Crippen LogP contribution in [0.4, 0.5) is 5.69 Å². The van der Waals surface area contributed by atoms with E-state index in [0.717, 1.165) is 6.07 Å². The van der Waals surface area contributed by atoms with Crippen LogP contribution in [0.3, 0.4) is 0 Å². The Kier molecular flexibility index (Phi) is 5.39. The van der Waals surface area contributed by atoms with Crippen molar-refractivity contribution in [3.05, 3.63) is 40.2 Å². The second-order valence-corrected chi connectivity index (χ2v) is 7.04. The summed E-state index contributed by atoms with van der Waals surface area (Å²) in [5.74, 6) is -1.39. The molecule has 0 radical (unpaired) electrons. The summed E-state index contributed by atoms with van der Waals surface area (Å²) in [6.07, 6.45) is -0.953. The first-order chi connectivity index (χ1) is 11.5. The summed E-state index contributed by atoms with van der Waals surface area (Å²) in [6.45, 7) is 0. The highest BCUT2D eigenvalue weighted by Gasteiger charge is 2.19. The molecule has 0 aliphatic rings. The van der Waals surface area contributed by atoms with Crippen molar-refractivity contribution >= 4 is 36.1 Å². The lowest BCUT2D eigenvalue weighted by molar-refractivity contribution is -0.123. The first kappa shape index (κ1) is 18.8. The Hall–Kier alpha value is -2.52. The molecule has 7 N–H and O–H groups in total. The van der Waals surface area contributed by atoms with Crippen LogP contribution in [0.1, 0.15) is 12.0 Å². The molecule has 2 rings (SSSR count). The van der Waals surface area contributed by atoms with Crippen molar-refractivity contribution in [2.24, 2.45) is 11.5 Å². The van der Waals surface area contributed by atoms with Crippen LogP contribution in [0.25, 0.3) is 11.0 Å². The Bertz CT molecular complexity index is 934. The third-order valence-corrected chi connectivity index (χ3v) is 3.98. The molecule has 11 heteroatoms. The first-order valence-electron chi connectivity index (χ1n) is 7.01. The van der Waals surface area contributed by atoms with E-state index in [9.17, 15) is 18.9 Å². The van der Waals surface area contributed by atoms with E-state index in [1.807, 2.05) is 0 Å². The second-order valence-electron chi connectivity index (χ2n) is 5.39. The molecule has 0 fully saturated rings. The minimum Gasteiger partial charge on any atom is -0.423 e. The maximum absolute atomic E-state index is 11.9. The van der Waals surface area contributed by atoms with Gasteiger partial charge in [0.2, 0.25) is 11.8 Å². The molecule has 1 aromatic heterocycles. The van der Waals surface area contributed by atoms with Gasteiger partial charge in [-0.25, -0.2) is 4.79 Å². The Labute approximate surface area is 141 Å². The van der Waals surface area contributed by atoms with Gasteiger partial charge in [0.1, 0.15) is 5.58 Å². The number of hydrogen-bond acceptors (Lipinski definition) is 6. The standard InChI is InChI=1S/C14H16N3O7P/c15-10(5-12(16)18)14(20)17-8-1-2-9-7(6-25(21,22)23)3-13(19)24-11(9)4-8/h1-4,10H,5-6,15H2,(H2,16,18)(H,17,20)(H2,21,22,23)/t10-/m0/s1. The van der Waals surface area contributed by atoms with Crippen molar-refractivity contribution in [2.75, 3.05) is 5.32 Å². The number of carbonyl (C=O) groups excluding carboxylic acids is 2. The van der Waals surface area contributed by atoms with Crippen LogP contribution in [-0.4, -0.2) is 27.6 Å². The van der Waals surface area contributed by atoms with Gasteiger partial charge in [-0.3, -0.25) is 14.2 Å². The number of amides is 2. The number of anilines is 1. The largest absolute Gasteiger partial charge is 0.423 e. The van der Waals surface area contributed by atoms with Crippen LogP contribution in [0, 0.1) is 0 Å². The van der Waals surface area contributed by atoms with Gasteiger partial charge in [0.05, 0.1) is 18.6 Å². The zero-order chi connectivity index (χ0) is 18.8. The number of nitrogens with one attached hydrogen (secondary N) is 1. The zero-order valence-electron chi connectivity index (χ0n) is 12.8. The monoisotopic (exact) mass is 369 g/mol. The molecule has 10 nitrogen and oxygen atoms in total. The molecule has 1 atom stereocenters. The molecule has 0 bridgehead atoms. The van der Waals surface area contributed by atoms with Gasteiger partial charge in [-0.15, -0.1) is 0 Å². The summed E-state index contributed by atoms with van der Waals surface area (Å²) < 4.78 is 16.2. The third kappa shape index (κ3) is 5.23. The lowest BCUT2D eigenvalue weighted by Gasteiger charge is -2.12. The van der Waals surface area contributed by atoms with Gasteiger partial charge in [0.25, 0.3) is 0 Å². The number of fused-ring (bicyclic) bond motifs is 1. The maximum atomic E-state index is 11.9. The fraction of sp³-hybridized carbons (Fsp3) is 0.214.